The SMILES string of the molecule is NC1=NC2(CCOc3ccc(N4C=C(F)C=CC4)cc32)CCS1. The lowest BCUT2D eigenvalue weighted by molar-refractivity contribution is 0.214. The molecular weight excluding hydrogens is 313 g/mol. The lowest BCUT2D eigenvalue weighted by Crippen LogP contribution is -2.36. The summed E-state index contributed by atoms with van der Waals surface area (Å²) in [6.07, 6.45) is 6.60. The number of allylic oxidation sites excluding steroid dienone is 2. The van der Waals surface area contributed by atoms with E-state index in [1.807, 2.05) is 23.1 Å². The van der Waals surface area contributed by atoms with Crippen LogP contribution in [0.2, 0.25) is 0 Å². The number of hydrogen-bond acceptors (Lipinski definition) is 5. The Morgan fingerprint density at radius 3 is 3.09 bits per heavy atom. The van der Waals surface area contributed by atoms with Gasteiger partial charge in [0.15, 0.2) is 5.17 Å². The standard InChI is InChI=1S/C17H18FN3OS/c18-12-2-1-7-21(11-12)13-3-4-15-14(10-13)17(5-8-22-15)6-9-23-16(19)20-17/h1-4,10-11H,5-9H2,(H2,19,20). The van der Waals surface area contributed by atoms with E-state index in [1.54, 1.807) is 11.8 Å². The second-order valence-corrected chi connectivity index (χ2v) is 7.04. The van der Waals surface area contributed by atoms with E-state index in [0.717, 1.165) is 35.6 Å². The quantitative estimate of drug-likeness (QED) is 0.858. The van der Waals surface area contributed by atoms with E-state index < -0.39 is 0 Å². The van der Waals surface area contributed by atoms with Crippen LogP contribution >= 0.6 is 11.8 Å². The average Bonchev–Trinajstić information content (AvgIpc) is 2.55. The van der Waals surface area contributed by atoms with Crippen molar-refractivity contribution in [3.05, 3.63) is 47.9 Å². The van der Waals surface area contributed by atoms with E-state index in [-0.39, 0.29) is 11.4 Å². The third-order valence-corrected chi connectivity index (χ3v) is 5.31. The number of nitrogens with two attached hydrogens (primary N) is 1. The van der Waals surface area contributed by atoms with Crippen LogP contribution in [0.3, 0.4) is 0 Å². The Bertz CT molecular complexity index is 731. The third kappa shape index (κ3) is 2.61. The molecule has 0 amide bonds. The molecule has 0 fully saturated rings. The number of nitrogens with zero attached hydrogens (tertiary/aromatic N) is 2. The first kappa shape index (κ1) is 14.6. The molecule has 0 saturated heterocycles. The Labute approximate surface area is 138 Å². The summed E-state index contributed by atoms with van der Waals surface area (Å²) in [5.41, 5.74) is 7.70. The lowest BCUT2D eigenvalue weighted by Gasteiger charge is -2.38. The van der Waals surface area contributed by atoms with E-state index in [0.29, 0.717) is 18.3 Å². The van der Waals surface area contributed by atoms with Gasteiger partial charge in [0.1, 0.15) is 11.6 Å². The molecule has 4 rings (SSSR count). The Morgan fingerprint density at radius 2 is 2.26 bits per heavy atom. The molecule has 1 unspecified atom stereocenters. The topological polar surface area (TPSA) is 50.9 Å². The molecular formula is C17H18FN3OS. The van der Waals surface area contributed by atoms with Crippen LogP contribution in [0.1, 0.15) is 18.4 Å². The van der Waals surface area contributed by atoms with Gasteiger partial charge in [-0.05, 0) is 30.7 Å². The molecule has 3 heterocycles. The number of aliphatic imine (C=N–C) groups is 1. The molecule has 1 atom stereocenters. The van der Waals surface area contributed by atoms with E-state index >= 15 is 0 Å². The van der Waals surface area contributed by atoms with Gasteiger partial charge in [-0.2, -0.15) is 0 Å². The van der Waals surface area contributed by atoms with Gasteiger partial charge in [0, 0.05) is 36.2 Å². The highest BCUT2D eigenvalue weighted by Crippen LogP contribution is 2.46. The Balaban J connectivity index is 1.77. The number of anilines is 1. The third-order valence-electron chi connectivity index (χ3n) is 4.52. The first-order valence-corrected chi connectivity index (χ1v) is 8.71. The van der Waals surface area contributed by atoms with E-state index in [4.69, 9.17) is 15.5 Å². The van der Waals surface area contributed by atoms with Gasteiger partial charge >= 0.3 is 0 Å². The summed E-state index contributed by atoms with van der Waals surface area (Å²) in [6, 6.07) is 6.00. The zero-order valence-corrected chi connectivity index (χ0v) is 13.5. The van der Waals surface area contributed by atoms with Crippen molar-refractivity contribution in [2.24, 2.45) is 10.7 Å². The minimum absolute atomic E-state index is 0.240. The van der Waals surface area contributed by atoms with Crippen LogP contribution in [-0.2, 0) is 5.54 Å². The van der Waals surface area contributed by atoms with Crippen LogP contribution in [0.4, 0.5) is 10.1 Å². The van der Waals surface area contributed by atoms with Gasteiger partial charge in [-0.25, -0.2) is 4.39 Å². The van der Waals surface area contributed by atoms with Gasteiger partial charge in [-0.15, -0.1) is 0 Å². The van der Waals surface area contributed by atoms with Crippen molar-refractivity contribution >= 4 is 22.6 Å². The highest BCUT2D eigenvalue weighted by Gasteiger charge is 2.40. The van der Waals surface area contributed by atoms with Gasteiger partial charge in [-0.3, -0.25) is 4.99 Å². The van der Waals surface area contributed by atoms with Crippen molar-refractivity contribution in [2.45, 2.75) is 18.4 Å². The van der Waals surface area contributed by atoms with E-state index in [1.165, 1.54) is 12.3 Å². The van der Waals surface area contributed by atoms with Crippen molar-refractivity contribution < 1.29 is 9.13 Å². The first-order valence-electron chi connectivity index (χ1n) is 7.72. The summed E-state index contributed by atoms with van der Waals surface area (Å²) < 4.78 is 19.3. The van der Waals surface area contributed by atoms with Crippen molar-refractivity contribution in [3.63, 3.8) is 0 Å². The Hall–Kier alpha value is -1.95. The lowest BCUT2D eigenvalue weighted by atomic mass is 9.82. The average molecular weight is 331 g/mol. The minimum Gasteiger partial charge on any atom is -0.493 e. The fourth-order valence-corrected chi connectivity index (χ4v) is 4.24. The number of amidine groups is 1. The Kier molecular flexibility index (Phi) is 3.56. The molecule has 3 aliphatic heterocycles. The maximum atomic E-state index is 13.5. The molecule has 0 bridgehead atoms. The predicted molar refractivity (Wildman–Crippen MR) is 92.6 cm³/mol. The van der Waals surface area contributed by atoms with Crippen LogP contribution in [0.15, 0.2) is 47.4 Å². The highest BCUT2D eigenvalue weighted by atomic mass is 32.2. The summed E-state index contributed by atoms with van der Waals surface area (Å²) in [5, 5.41) is 0.640. The maximum absolute atomic E-state index is 13.5. The van der Waals surface area contributed by atoms with Crippen molar-refractivity contribution in [2.75, 3.05) is 23.8 Å². The molecule has 1 aromatic carbocycles. The second kappa shape index (κ2) is 5.60. The van der Waals surface area contributed by atoms with Crippen LogP contribution < -0.4 is 15.4 Å². The van der Waals surface area contributed by atoms with Crippen LogP contribution in [0, 0.1) is 0 Å². The largest absolute Gasteiger partial charge is 0.493 e. The molecule has 6 heteroatoms. The van der Waals surface area contributed by atoms with E-state index in [2.05, 4.69) is 6.07 Å². The zero-order valence-electron chi connectivity index (χ0n) is 12.7. The van der Waals surface area contributed by atoms with Gasteiger partial charge in [0.2, 0.25) is 0 Å². The normalized spacial score (nSPS) is 26.4. The first-order chi connectivity index (χ1) is 11.2. The summed E-state index contributed by atoms with van der Waals surface area (Å²) in [6.45, 7) is 1.30. The minimum atomic E-state index is -0.299. The van der Waals surface area contributed by atoms with Gasteiger partial charge in [0.25, 0.3) is 0 Å². The summed E-state index contributed by atoms with van der Waals surface area (Å²) in [7, 11) is 0. The second-order valence-electron chi connectivity index (χ2n) is 5.93. The molecule has 4 nitrogen and oxygen atoms in total. The van der Waals surface area contributed by atoms with Crippen LogP contribution in [0.25, 0.3) is 0 Å². The predicted octanol–water partition coefficient (Wildman–Crippen LogP) is 3.30. The van der Waals surface area contributed by atoms with Gasteiger partial charge < -0.3 is 15.4 Å². The molecule has 1 spiro atoms. The summed E-state index contributed by atoms with van der Waals surface area (Å²) in [5.74, 6) is 1.58. The van der Waals surface area contributed by atoms with E-state index in [9.17, 15) is 4.39 Å². The number of ether oxygens (including phenoxy) is 1. The monoisotopic (exact) mass is 331 g/mol. The molecule has 0 radical (unpaired) electrons. The van der Waals surface area contributed by atoms with Crippen molar-refractivity contribution in [3.8, 4) is 5.75 Å². The smallest absolute Gasteiger partial charge is 0.154 e. The van der Waals surface area contributed by atoms with Crippen LogP contribution in [0.5, 0.6) is 5.75 Å². The number of fused-ring (bicyclic) bond motifs is 2. The van der Waals surface area contributed by atoms with Gasteiger partial charge in [-0.1, -0.05) is 17.8 Å². The fraction of sp³-hybridized carbons (Fsp3) is 0.353. The molecule has 2 N–H and O–H groups in total. The molecule has 0 aromatic heterocycles. The number of benzene rings is 1. The number of halogens is 1. The molecule has 120 valence electrons. The fourth-order valence-electron chi connectivity index (χ4n) is 3.35. The number of thioether (sulfide) groups is 1. The molecule has 0 aliphatic carbocycles. The molecule has 0 saturated carbocycles. The summed E-state index contributed by atoms with van der Waals surface area (Å²) in [4.78, 5) is 6.66. The maximum Gasteiger partial charge on any atom is 0.154 e. The number of rotatable bonds is 1. The highest BCUT2D eigenvalue weighted by molar-refractivity contribution is 8.13. The molecule has 1 aromatic rings. The van der Waals surface area contributed by atoms with Crippen molar-refractivity contribution in [1.29, 1.82) is 0 Å². The Morgan fingerprint density at radius 1 is 1.35 bits per heavy atom. The molecule has 23 heavy (non-hydrogen) atoms. The van der Waals surface area contributed by atoms with Crippen LogP contribution in [-0.4, -0.2) is 24.1 Å². The zero-order chi connectivity index (χ0) is 15.9. The summed E-state index contributed by atoms with van der Waals surface area (Å²) >= 11 is 1.60. The van der Waals surface area contributed by atoms with Gasteiger partial charge in [0.05, 0.1) is 12.1 Å². The molecule has 3 aliphatic rings. The van der Waals surface area contributed by atoms with Crippen molar-refractivity contribution in [1.82, 2.24) is 0 Å². The number of hydrogen-bond donors (Lipinski definition) is 1.